The summed E-state index contributed by atoms with van der Waals surface area (Å²) in [5.41, 5.74) is 1.78. The van der Waals surface area contributed by atoms with Crippen molar-refractivity contribution >= 4 is 15.5 Å². The van der Waals surface area contributed by atoms with Crippen molar-refractivity contribution in [3.63, 3.8) is 0 Å². The van der Waals surface area contributed by atoms with Gasteiger partial charge in [0.05, 0.1) is 5.75 Å². The van der Waals surface area contributed by atoms with Gasteiger partial charge in [0.25, 0.3) is 0 Å². The molecule has 1 aliphatic carbocycles. The molecule has 2 aromatic rings. The first kappa shape index (κ1) is 16.0. The molecule has 0 atom stereocenters. The van der Waals surface area contributed by atoms with Gasteiger partial charge in [-0.1, -0.05) is 5.16 Å². The first-order valence-corrected chi connectivity index (χ1v) is 9.61. The number of nitrogens with zero attached hydrogens (tertiary/aromatic N) is 3. The molecular weight excluding hydrogens is 314 g/mol. The van der Waals surface area contributed by atoms with Crippen LogP contribution in [0, 0.1) is 5.41 Å². The number of rotatable bonds is 6. The normalized spacial score (nSPS) is 16.3. The van der Waals surface area contributed by atoms with Gasteiger partial charge in [0, 0.05) is 38.0 Å². The second-order valence-electron chi connectivity index (χ2n) is 6.70. The smallest absolute Gasteiger partial charge is 0.227 e. The summed E-state index contributed by atoms with van der Waals surface area (Å²) in [6.07, 6.45) is 3.60. The quantitative estimate of drug-likeness (QED) is 0.805. The number of hydrogen-bond donors (Lipinski definition) is 0. The fraction of sp³-hybridized carbons (Fsp3) is 0.500. The van der Waals surface area contributed by atoms with Crippen LogP contribution in [0.1, 0.15) is 18.7 Å². The van der Waals surface area contributed by atoms with Crippen LogP contribution >= 0.6 is 0 Å². The lowest BCUT2D eigenvalue weighted by Crippen LogP contribution is -2.18. The molecule has 0 unspecified atom stereocenters. The number of anilines is 1. The first-order chi connectivity index (χ1) is 10.8. The minimum atomic E-state index is -2.99. The Balaban J connectivity index is 1.73. The lowest BCUT2D eigenvalue weighted by Gasteiger charge is -2.11. The Bertz CT molecular complexity index is 790. The van der Waals surface area contributed by atoms with Crippen LogP contribution in [-0.2, 0) is 16.3 Å². The van der Waals surface area contributed by atoms with Gasteiger partial charge in [0.2, 0.25) is 11.7 Å². The molecule has 1 aromatic heterocycles. The zero-order valence-electron chi connectivity index (χ0n) is 13.6. The molecule has 0 amide bonds. The number of sulfone groups is 1. The number of benzene rings is 1. The molecule has 0 spiro atoms. The summed E-state index contributed by atoms with van der Waals surface area (Å²) >= 11 is 0. The first-order valence-electron chi connectivity index (χ1n) is 7.54. The van der Waals surface area contributed by atoms with Crippen LogP contribution in [0.3, 0.4) is 0 Å². The van der Waals surface area contributed by atoms with Crippen molar-refractivity contribution in [1.82, 2.24) is 10.1 Å². The summed E-state index contributed by atoms with van der Waals surface area (Å²) in [6, 6.07) is 7.90. The number of aromatic nitrogens is 2. The molecule has 0 saturated heterocycles. The minimum Gasteiger partial charge on any atom is -0.378 e. The van der Waals surface area contributed by atoms with Crippen LogP contribution in [0.2, 0.25) is 0 Å². The molecule has 0 aliphatic heterocycles. The van der Waals surface area contributed by atoms with Crippen molar-refractivity contribution in [3.8, 4) is 11.4 Å². The van der Waals surface area contributed by atoms with Crippen LogP contribution < -0.4 is 4.90 Å². The number of hydrogen-bond acceptors (Lipinski definition) is 6. The fourth-order valence-electron chi connectivity index (χ4n) is 2.78. The Hall–Kier alpha value is -1.89. The summed E-state index contributed by atoms with van der Waals surface area (Å²) in [5.74, 6) is 1.24. The molecule has 0 N–H and O–H groups in total. The maximum atomic E-state index is 11.5. The third-order valence-electron chi connectivity index (χ3n) is 4.16. The van der Waals surface area contributed by atoms with E-state index in [1.807, 2.05) is 43.3 Å². The van der Waals surface area contributed by atoms with Crippen molar-refractivity contribution in [1.29, 1.82) is 0 Å². The van der Waals surface area contributed by atoms with Crippen LogP contribution in [-0.4, -0.2) is 44.7 Å². The summed E-state index contributed by atoms with van der Waals surface area (Å²) in [7, 11) is 0.977. The van der Waals surface area contributed by atoms with E-state index in [0.717, 1.165) is 24.1 Å². The minimum absolute atomic E-state index is 0.190. The van der Waals surface area contributed by atoms with Gasteiger partial charge >= 0.3 is 0 Å². The SMILES string of the molecule is CN(C)c1ccc(-c2noc(CC3(CS(C)(=O)=O)CC3)n2)cc1. The van der Waals surface area contributed by atoms with Crippen molar-refractivity contribution in [3.05, 3.63) is 30.2 Å². The Morgan fingerprint density at radius 2 is 1.87 bits per heavy atom. The molecule has 124 valence electrons. The lowest BCUT2D eigenvalue weighted by atomic mass is 10.1. The second-order valence-corrected chi connectivity index (χ2v) is 8.84. The topological polar surface area (TPSA) is 76.3 Å². The van der Waals surface area contributed by atoms with E-state index in [1.165, 1.54) is 6.26 Å². The van der Waals surface area contributed by atoms with Crippen molar-refractivity contribution in [2.75, 3.05) is 31.0 Å². The van der Waals surface area contributed by atoms with Crippen LogP contribution in [0.5, 0.6) is 0 Å². The molecule has 23 heavy (non-hydrogen) atoms. The van der Waals surface area contributed by atoms with Gasteiger partial charge in [-0.05, 0) is 42.5 Å². The van der Waals surface area contributed by atoms with E-state index in [9.17, 15) is 8.42 Å². The largest absolute Gasteiger partial charge is 0.378 e. The van der Waals surface area contributed by atoms with E-state index in [0.29, 0.717) is 18.1 Å². The summed E-state index contributed by atoms with van der Waals surface area (Å²) in [6.45, 7) is 0. The van der Waals surface area contributed by atoms with Gasteiger partial charge in [-0.2, -0.15) is 4.98 Å². The predicted octanol–water partition coefficient (Wildman–Crippen LogP) is 2.17. The third-order valence-corrected chi connectivity index (χ3v) is 5.30. The Labute approximate surface area is 136 Å². The highest BCUT2D eigenvalue weighted by Crippen LogP contribution is 2.49. The van der Waals surface area contributed by atoms with Crippen molar-refractivity contribution in [2.45, 2.75) is 19.3 Å². The predicted molar refractivity (Wildman–Crippen MR) is 89.1 cm³/mol. The van der Waals surface area contributed by atoms with Gasteiger partial charge in [-0.3, -0.25) is 0 Å². The van der Waals surface area contributed by atoms with Crippen LogP contribution in [0.15, 0.2) is 28.8 Å². The van der Waals surface area contributed by atoms with E-state index in [-0.39, 0.29) is 11.2 Å². The molecule has 0 radical (unpaired) electrons. The monoisotopic (exact) mass is 335 g/mol. The maximum absolute atomic E-state index is 11.5. The van der Waals surface area contributed by atoms with E-state index in [4.69, 9.17) is 4.52 Å². The van der Waals surface area contributed by atoms with E-state index in [2.05, 4.69) is 10.1 Å². The Morgan fingerprint density at radius 1 is 1.22 bits per heavy atom. The molecule has 1 fully saturated rings. The van der Waals surface area contributed by atoms with Gasteiger partial charge in [0.1, 0.15) is 9.84 Å². The summed E-state index contributed by atoms with van der Waals surface area (Å²) in [4.78, 5) is 6.45. The van der Waals surface area contributed by atoms with E-state index < -0.39 is 9.84 Å². The molecule has 1 saturated carbocycles. The zero-order chi connectivity index (χ0) is 16.7. The highest BCUT2D eigenvalue weighted by molar-refractivity contribution is 7.90. The second kappa shape index (κ2) is 5.63. The molecule has 1 aromatic carbocycles. The molecule has 1 heterocycles. The fourth-order valence-corrected chi connectivity index (χ4v) is 4.28. The zero-order valence-corrected chi connectivity index (χ0v) is 14.4. The average Bonchev–Trinajstić information content (AvgIpc) is 3.03. The van der Waals surface area contributed by atoms with Crippen LogP contribution in [0.25, 0.3) is 11.4 Å². The van der Waals surface area contributed by atoms with E-state index >= 15 is 0 Å². The molecule has 7 heteroatoms. The highest BCUT2D eigenvalue weighted by atomic mass is 32.2. The molecule has 1 aliphatic rings. The third kappa shape index (κ3) is 3.90. The average molecular weight is 335 g/mol. The van der Waals surface area contributed by atoms with Crippen molar-refractivity contribution in [2.24, 2.45) is 5.41 Å². The van der Waals surface area contributed by atoms with Gasteiger partial charge < -0.3 is 9.42 Å². The summed E-state index contributed by atoms with van der Waals surface area (Å²) < 4.78 is 28.4. The van der Waals surface area contributed by atoms with Crippen molar-refractivity contribution < 1.29 is 12.9 Å². The van der Waals surface area contributed by atoms with E-state index in [1.54, 1.807) is 0 Å². The molecule has 0 bridgehead atoms. The van der Waals surface area contributed by atoms with Crippen LogP contribution in [0.4, 0.5) is 5.69 Å². The molecule has 6 nitrogen and oxygen atoms in total. The molecular formula is C16H21N3O3S. The maximum Gasteiger partial charge on any atom is 0.227 e. The lowest BCUT2D eigenvalue weighted by molar-refractivity contribution is 0.353. The van der Waals surface area contributed by atoms with Gasteiger partial charge in [-0.15, -0.1) is 0 Å². The van der Waals surface area contributed by atoms with Gasteiger partial charge in [-0.25, -0.2) is 8.42 Å². The molecule has 3 rings (SSSR count). The summed E-state index contributed by atoms with van der Waals surface area (Å²) in [5, 5.41) is 4.02. The standard InChI is InChI=1S/C16H21N3O3S/c1-19(2)13-6-4-12(5-7-13)15-17-14(22-18-15)10-16(8-9-16)11-23(3,20)21/h4-7H,8-11H2,1-3H3. The van der Waals surface area contributed by atoms with Gasteiger partial charge in [0.15, 0.2) is 0 Å². The highest BCUT2D eigenvalue weighted by Gasteiger charge is 2.46. The Kier molecular flexibility index (Phi) is 3.91. The Morgan fingerprint density at radius 3 is 2.39 bits per heavy atom.